The second-order valence-corrected chi connectivity index (χ2v) is 12.5. The highest BCUT2D eigenvalue weighted by Crippen LogP contribution is 2.29. The minimum Gasteiger partial charge on any atom is -0.444 e. The third-order valence-corrected chi connectivity index (χ3v) is 5.71. The van der Waals surface area contributed by atoms with Crippen LogP contribution in [0.4, 0.5) is 4.79 Å². The predicted molar refractivity (Wildman–Crippen MR) is 74.5 cm³/mol. The first-order chi connectivity index (χ1) is 8.00. The zero-order chi connectivity index (χ0) is 14.1. The van der Waals surface area contributed by atoms with Crippen LogP contribution >= 0.6 is 0 Å². The van der Waals surface area contributed by atoms with Gasteiger partial charge in [-0.25, -0.2) is 4.79 Å². The van der Waals surface area contributed by atoms with Gasteiger partial charge in [0.25, 0.3) is 0 Å². The van der Waals surface area contributed by atoms with Gasteiger partial charge < -0.3 is 9.64 Å². The number of ketones is 1. The van der Waals surface area contributed by atoms with E-state index in [1.165, 1.54) is 0 Å². The second kappa shape index (κ2) is 5.03. The number of rotatable bonds is 1. The Hall–Kier alpha value is -0.843. The standard InChI is InChI=1S/C13H25NO3Si/c1-13(2,3)17-12(16)14-8-7-10(15)11(9-14)18(4,5)6/h11H,7-9H2,1-6H3. The SMILES string of the molecule is CC(C)(C)OC(=O)N1CCC(=O)C([Si](C)(C)C)C1. The summed E-state index contributed by atoms with van der Waals surface area (Å²) in [6, 6.07) is 0. The number of hydrogen-bond donors (Lipinski definition) is 0. The molecule has 4 nitrogen and oxygen atoms in total. The van der Waals surface area contributed by atoms with Crippen LogP contribution in [0.2, 0.25) is 25.2 Å². The predicted octanol–water partition coefficient (Wildman–Crippen LogP) is 2.90. The van der Waals surface area contributed by atoms with Crippen LogP contribution in [0.15, 0.2) is 0 Å². The van der Waals surface area contributed by atoms with E-state index in [0.717, 1.165) is 0 Å². The van der Waals surface area contributed by atoms with E-state index in [4.69, 9.17) is 4.74 Å². The highest BCUT2D eigenvalue weighted by Gasteiger charge is 2.39. The fraction of sp³-hybridized carbons (Fsp3) is 0.846. The van der Waals surface area contributed by atoms with E-state index >= 15 is 0 Å². The fourth-order valence-corrected chi connectivity index (χ4v) is 3.96. The Morgan fingerprint density at radius 3 is 2.33 bits per heavy atom. The molecule has 5 heteroatoms. The van der Waals surface area contributed by atoms with E-state index in [9.17, 15) is 9.59 Å². The van der Waals surface area contributed by atoms with E-state index in [-0.39, 0.29) is 11.6 Å². The van der Waals surface area contributed by atoms with Gasteiger partial charge in [0.15, 0.2) is 0 Å². The Labute approximate surface area is 111 Å². The molecular weight excluding hydrogens is 246 g/mol. The summed E-state index contributed by atoms with van der Waals surface area (Å²) in [6.45, 7) is 13.1. The summed E-state index contributed by atoms with van der Waals surface area (Å²) in [6.07, 6.45) is 0.173. The molecule has 104 valence electrons. The molecule has 0 aromatic carbocycles. The summed E-state index contributed by atoms with van der Waals surface area (Å²) in [5.41, 5.74) is -0.438. The van der Waals surface area contributed by atoms with Gasteiger partial charge in [-0.15, -0.1) is 0 Å². The van der Waals surface area contributed by atoms with Crippen molar-refractivity contribution in [3.05, 3.63) is 0 Å². The van der Waals surface area contributed by atoms with Crippen molar-refractivity contribution in [2.45, 2.75) is 58.0 Å². The van der Waals surface area contributed by atoms with Gasteiger partial charge in [-0.05, 0) is 20.8 Å². The van der Waals surface area contributed by atoms with Crippen molar-refractivity contribution in [1.29, 1.82) is 0 Å². The maximum atomic E-state index is 12.0. The van der Waals surface area contributed by atoms with E-state index in [1.807, 2.05) is 20.8 Å². The fourth-order valence-electron chi connectivity index (χ4n) is 2.08. The number of Topliss-reactive ketones (excluding diaryl/α,β-unsaturated/α-hetero) is 1. The highest BCUT2D eigenvalue weighted by molar-refractivity contribution is 6.80. The van der Waals surface area contributed by atoms with E-state index in [0.29, 0.717) is 25.3 Å². The number of likely N-dealkylation sites (tertiary alicyclic amines) is 1. The van der Waals surface area contributed by atoms with E-state index in [1.54, 1.807) is 4.90 Å². The maximum Gasteiger partial charge on any atom is 0.410 e. The van der Waals surface area contributed by atoms with Crippen molar-refractivity contribution in [3.63, 3.8) is 0 Å². The van der Waals surface area contributed by atoms with Crippen LogP contribution in [-0.4, -0.2) is 43.5 Å². The molecule has 0 spiro atoms. The highest BCUT2D eigenvalue weighted by atomic mass is 28.3. The van der Waals surface area contributed by atoms with Crippen LogP contribution < -0.4 is 0 Å². The average Bonchev–Trinajstić information content (AvgIpc) is 2.13. The van der Waals surface area contributed by atoms with Gasteiger partial charge in [-0.1, -0.05) is 19.6 Å². The lowest BCUT2D eigenvalue weighted by Gasteiger charge is -2.38. The van der Waals surface area contributed by atoms with E-state index in [2.05, 4.69) is 19.6 Å². The summed E-state index contributed by atoms with van der Waals surface area (Å²) in [4.78, 5) is 25.6. The molecule has 0 aromatic rings. The monoisotopic (exact) mass is 271 g/mol. The minimum atomic E-state index is -1.56. The van der Waals surface area contributed by atoms with Crippen LogP contribution in [0.25, 0.3) is 0 Å². The number of ether oxygens (including phenoxy) is 1. The van der Waals surface area contributed by atoms with Crippen molar-refractivity contribution < 1.29 is 14.3 Å². The van der Waals surface area contributed by atoms with Gasteiger partial charge in [0.05, 0.1) is 8.07 Å². The summed E-state index contributed by atoms with van der Waals surface area (Å²) in [5, 5.41) is 0. The Balaban J connectivity index is 2.71. The van der Waals surface area contributed by atoms with Crippen LogP contribution in [-0.2, 0) is 9.53 Å². The quantitative estimate of drug-likeness (QED) is 0.689. The Morgan fingerprint density at radius 2 is 1.89 bits per heavy atom. The topological polar surface area (TPSA) is 46.6 Å². The third kappa shape index (κ3) is 4.12. The van der Waals surface area contributed by atoms with Crippen molar-refractivity contribution in [2.75, 3.05) is 13.1 Å². The zero-order valence-corrected chi connectivity index (χ0v) is 13.4. The van der Waals surface area contributed by atoms with Crippen LogP contribution in [0.3, 0.4) is 0 Å². The van der Waals surface area contributed by atoms with Crippen molar-refractivity contribution >= 4 is 20.0 Å². The first-order valence-corrected chi connectivity index (χ1v) is 10.1. The summed E-state index contributed by atoms with van der Waals surface area (Å²) < 4.78 is 5.36. The lowest BCUT2D eigenvalue weighted by molar-refractivity contribution is -0.121. The normalized spacial score (nSPS) is 22.0. The van der Waals surface area contributed by atoms with Gasteiger partial charge in [0.1, 0.15) is 11.4 Å². The molecular formula is C13H25NO3Si. The molecule has 1 atom stereocenters. The molecule has 1 rings (SSSR count). The molecule has 0 bridgehead atoms. The molecule has 1 fully saturated rings. The summed E-state index contributed by atoms with van der Waals surface area (Å²) >= 11 is 0. The third-order valence-electron chi connectivity index (χ3n) is 3.12. The number of carbonyl (C=O) groups is 2. The average molecular weight is 271 g/mol. The van der Waals surface area contributed by atoms with Crippen molar-refractivity contribution in [3.8, 4) is 0 Å². The smallest absolute Gasteiger partial charge is 0.410 e. The lowest BCUT2D eigenvalue weighted by Crippen LogP contribution is -2.50. The van der Waals surface area contributed by atoms with Gasteiger partial charge >= 0.3 is 6.09 Å². The number of amides is 1. The van der Waals surface area contributed by atoms with Crippen molar-refractivity contribution in [1.82, 2.24) is 4.90 Å². The van der Waals surface area contributed by atoms with Gasteiger partial charge in [0, 0.05) is 25.1 Å². The molecule has 1 saturated heterocycles. The molecule has 18 heavy (non-hydrogen) atoms. The van der Waals surface area contributed by atoms with Crippen LogP contribution in [0, 0.1) is 0 Å². The Kier molecular flexibility index (Phi) is 4.25. The maximum absolute atomic E-state index is 12.0. The van der Waals surface area contributed by atoms with Gasteiger partial charge in [-0.2, -0.15) is 0 Å². The first-order valence-electron chi connectivity index (χ1n) is 6.51. The first kappa shape index (κ1) is 15.2. The van der Waals surface area contributed by atoms with Crippen LogP contribution in [0.1, 0.15) is 27.2 Å². The molecule has 0 N–H and O–H groups in total. The molecule has 0 saturated carbocycles. The molecule has 1 aliphatic rings. The number of carbonyl (C=O) groups excluding carboxylic acids is 2. The molecule has 0 aliphatic carbocycles. The number of nitrogens with zero attached hydrogens (tertiary/aromatic N) is 1. The summed E-state index contributed by atoms with van der Waals surface area (Å²) in [5.74, 6) is 0.314. The molecule has 1 heterocycles. The molecule has 0 aromatic heterocycles. The van der Waals surface area contributed by atoms with Crippen LogP contribution in [0.5, 0.6) is 0 Å². The van der Waals surface area contributed by atoms with E-state index < -0.39 is 13.7 Å². The van der Waals surface area contributed by atoms with Crippen molar-refractivity contribution in [2.24, 2.45) is 0 Å². The second-order valence-electron chi connectivity index (χ2n) is 7.06. The Bertz CT molecular complexity index is 341. The molecule has 1 amide bonds. The van der Waals surface area contributed by atoms with Gasteiger partial charge in [-0.3, -0.25) is 4.79 Å². The molecule has 1 aliphatic heterocycles. The lowest BCUT2D eigenvalue weighted by atomic mass is 10.1. The number of hydrogen-bond acceptors (Lipinski definition) is 3. The molecule has 0 radical (unpaired) electrons. The summed E-state index contributed by atoms with van der Waals surface area (Å²) in [7, 11) is -1.56. The Morgan fingerprint density at radius 1 is 1.33 bits per heavy atom. The molecule has 1 unspecified atom stereocenters. The zero-order valence-electron chi connectivity index (χ0n) is 12.4. The number of piperidine rings is 1. The minimum absolute atomic E-state index is 0.0405. The van der Waals surface area contributed by atoms with Gasteiger partial charge in [0.2, 0.25) is 0 Å². The largest absolute Gasteiger partial charge is 0.444 e.